The van der Waals surface area contributed by atoms with Gasteiger partial charge in [0, 0.05) is 18.7 Å². The van der Waals surface area contributed by atoms with E-state index in [-0.39, 0.29) is 17.7 Å². The molecule has 0 aliphatic carbocycles. The second kappa shape index (κ2) is 7.44. The second-order valence-corrected chi connectivity index (χ2v) is 7.91. The first-order valence-electron chi connectivity index (χ1n) is 9.00. The summed E-state index contributed by atoms with van der Waals surface area (Å²) in [6.45, 7) is 2.94. The van der Waals surface area contributed by atoms with Crippen molar-refractivity contribution in [2.24, 2.45) is 5.92 Å². The number of carbonyl (C=O) groups is 2. The monoisotopic (exact) mass is 380 g/mol. The number of benzene rings is 2. The SMILES string of the molecule is Cc1nnc(NC(=O)C2CCCN(C(=O)c3cccc4ccccc34)C2)s1. The molecule has 1 unspecified atom stereocenters. The Bertz CT molecular complexity index is 995. The summed E-state index contributed by atoms with van der Waals surface area (Å²) in [6.07, 6.45) is 1.58. The van der Waals surface area contributed by atoms with Gasteiger partial charge in [-0.15, -0.1) is 10.2 Å². The van der Waals surface area contributed by atoms with Crippen LogP contribution in [0.15, 0.2) is 42.5 Å². The number of hydrogen-bond acceptors (Lipinski definition) is 5. The predicted molar refractivity (Wildman–Crippen MR) is 106 cm³/mol. The number of nitrogens with one attached hydrogen (secondary N) is 1. The summed E-state index contributed by atoms with van der Waals surface area (Å²) in [7, 11) is 0. The lowest BCUT2D eigenvalue weighted by atomic mass is 9.95. The smallest absolute Gasteiger partial charge is 0.254 e. The van der Waals surface area contributed by atoms with Crippen LogP contribution in [0.25, 0.3) is 10.8 Å². The molecule has 2 aromatic carbocycles. The number of nitrogens with zero attached hydrogens (tertiary/aromatic N) is 3. The summed E-state index contributed by atoms with van der Waals surface area (Å²) in [5, 5.41) is 14.0. The van der Waals surface area contributed by atoms with Crippen molar-refractivity contribution in [3.8, 4) is 0 Å². The number of fused-ring (bicyclic) bond motifs is 1. The van der Waals surface area contributed by atoms with E-state index in [0.717, 1.165) is 28.6 Å². The zero-order valence-electron chi connectivity index (χ0n) is 15.0. The van der Waals surface area contributed by atoms with E-state index in [4.69, 9.17) is 0 Å². The van der Waals surface area contributed by atoms with Gasteiger partial charge >= 0.3 is 0 Å². The van der Waals surface area contributed by atoms with E-state index in [2.05, 4.69) is 15.5 Å². The Kier molecular flexibility index (Phi) is 4.85. The molecule has 6 nitrogen and oxygen atoms in total. The first kappa shape index (κ1) is 17.6. The number of rotatable bonds is 3. The third-order valence-corrected chi connectivity index (χ3v) is 5.61. The number of hydrogen-bond donors (Lipinski definition) is 1. The van der Waals surface area contributed by atoms with Crippen LogP contribution in [0, 0.1) is 12.8 Å². The van der Waals surface area contributed by atoms with Crippen molar-refractivity contribution in [1.29, 1.82) is 0 Å². The molecule has 1 aliphatic rings. The maximum absolute atomic E-state index is 13.1. The molecule has 1 aliphatic heterocycles. The van der Waals surface area contributed by atoms with Gasteiger partial charge in [-0.3, -0.25) is 9.59 Å². The zero-order valence-corrected chi connectivity index (χ0v) is 15.8. The summed E-state index contributed by atoms with van der Waals surface area (Å²) in [6, 6.07) is 13.6. The van der Waals surface area contributed by atoms with Gasteiger partial charge < -0.3 is 10.2 Å². The van der Waals surface area contributed by atoms with Gasteiger partial charge in [0.05, 0.1) is 5.92 Å². The van der Waals surface area contributed by atoms with E-state index in [9.17, 15) is 9.59 Å². The lowest BCUT2D eigenvalue weighted by Crippen LogP contribution is -2.43. The molecule has 0 saturated carbocycles. The lowest BCUT2D eigenvalue weighted by Gasteiger charge is -2.32. The van der Waals surface area contributed by atoms with Crippen LogP contribution in [-0.2, 0) is 4.79 Å². The van der Waals surface area contributed by atoms with Gasteiger partial charge in [-0.25, -0.2) is 0 Å². The summed E-state index contributed by atoms with van der Waals surface area (Å²) in [5.41, 5.74) is 0.689. The van der Waals surface area contributed by atoms with Crippen LogP contribution in [0.1, 0.15) is 28.2 Å². The number of piperidine rings is 1. The Morgan fingerprint density at radius 1 is 1.15 bits per heavy atom. The molecule has 0 radical (unpaired) electrons. The van der Waals surface area contributed by atoms with Crippen molar-refractivity contribution in [2.75, 3.05) is 18.4 Å². The molecule has 27 heavy (non-hydrogen) atoms. The Morgan fingerprint density at radius 2 is 1.96 bits per heavy atom. The fourth-order valence-electron chi connectivity index (χ4n) is 3.51. The number of aromatic nitrogens is 2. The predicted octanol–water partition coefficient (Wildman–Crippen LogP) is 3.49. The lowest BCUT2D eigenvalue weighted by molar-refractivity contribution is -0.121. The van der Waals surface area contributed by atoms with Gasteiger partial charge in [0.2, 0.25) is 11.0 Å². The van der Waals surface area contributed by atoms with Crippen molar-refractivity contribution in [1.82, 2.24) is 15.1 Å². The average molecular weight is 380 g/mol. The van der Waals surface area contributed by atoms with Crippen molar-refractivity contribution in [2.45, 2.75) is 19.8 Å². The molecule has 1 fully saturated rings. The Morgan fingerprint density at radius 3 is 2.78 bits per heavy atom. The highest BCUT2D eigenvalue weighted by molar-refractivity contribution is 7.15. The normalized spacial score (nSPS) is 17.1. The van der Waals surface area contributed by atoms with E-state index in [0.29, 0.717) is 23.8 Å². The Hall–Kier alpha value is -2.80. The highest BCUT2D eigenvalue weighted by atomic mass is 32.1. The molecule has 7 heteroatoms. The van der Waals surface area contributed by atoms with Crippen LogP contribution in [0.4, 0.5) is 5.13 Å². The maximum Gasteiger partial charge on any atom is 0.254 e. The fraction of sp³-hybridized carbons (Fsp3) is 0.300. The van der Waals surface area contributed by atoms with Crippen LogP contribution in [0.3, 0.4) is 0 Å². The van der Waals surface area contributed by atoms with E-state index in [1.807, 2.05) is 49.4 Å². The third-order valence-electron chi connectivity index (χ3n) is 4.86. The number of aryl methyl sites for hydroxylation is 1. The third kappa shape index (κ3) is 3.68. The summed E-state index contributed by atoms with van der Waals surface area (Å²) in [5.74, 6) is -0.348. The number of carbonyl (C=O) groups excluding carboxylic acids is 2. The van der Waals surface area contributed by atoms with Crippen molar-refractivity contribution in [3.05, 3.63) is 53.0 Å². The molecule has 2 amide bonds. The minimum Gasteiger partial charge on any atom is -0.338 e. The van der Waals surface area contributed by atoms with Crippen molar-refractivity contribution >= 4 is 39.1 Å². The number of anilines is 1. The summed E-state index contributed by atoms with van der Waals surface area (Å²) >= 11 is 1.35. The van der Waals surface area contributed by atoms with Crippen LogP contribution in [0.5, 0.6) is 0 Å². The van der Waals surface area contributed by atoms with E-state index < -0.39 is 0 Å². The largest absolute Gasteiger partial charge is 0.338 e. The average Bonchev–Trinajstić information content (AvgIpc) is 3.11. The molecule has 0 spiro atoms. The zero-order chi connectivity index (χ0) is 18.8. The number of amides is 2. The molecule has 1 N–H and O–H groups in total. The number of likely N-dealkylation sites (tertiary alicyclic amines) is 1. The van der Waals surface area contributed by atoms with E-state index in [1.165, 1.54) is 11.3 Å². The van der Waals surface area contributed by atoms with Gasteiger partial charge in [-0.2, -0.15) is 0 Å². The van der Waals surface area contributed by atoms with Gasteiger partial charge in [0.15, 0.2) is 0 Å². The van der Waals surface area contributed by atoms with E-state index >= 15 is 0 Å². The summed E-state index contributed by atoms with van der Waals surface area (Å²) < 4.78 is 0. The standard InChI is InChI=1S/C20H20N4O2S/c1-13-22-23-20(27-13)21-18(25)15-8-5-11-24(12-15)19(26)17-10-4-7-14-6-2-3-9-16(14)17/h2-4,6-7,9-10,15H,5,8,11-12H2,1H3,(H,21,23,25). The minimum atomic E-state index is -0.234. The molecular weight excluding hydrogens is 360 g/mol. The van der Waals surface area contributed by atoms with E-state index in [1.54, 1.807) is 4.90 Å². The molecule has 3 aromatic rings. The van der Waals surface area contributed by atoms with Crippen molar-refractivity contribution < 1.29 is 9.59 Å². The second-order valence-electron chi connectivity index (χ2n) is 6.73. The maximum atomic E-state index is 13.1. The van der Waals surface area contributed by atoms with Gasteiger partial charge in [0.25, 0.3) is 5.91 Å². The highest BCUT2D eigenvalue weighted by Gasteiger charge is 2.30. The summed E-state index contributed by atoms with van der Waals surface area (Å²) in [4.78, 5) is 27.5. The quantitative estimate of drug-likeness (QED) is 0.755. The molecule has 0 bridgehead atoms. The van der Waals surface area contributed by atoms with Crippen LogP contribution in [0.2, 0.25) is 0 Å². The Balaban J connectivity index is 1.50. The van der Waals surface area contributed by atoms with Crippen LogP contribution < -0.4 is 5.32 Å². The highest BCUT2D eigenvalue weighted by Crippen LogP contribution is 2.24. The van der Waals surface area contributed by atoms with Crippen LogP contribution in [-0.4, -0.2) is 40.0 Å². The van der Waals surface area contributed by atoms with Crippen LogP contribution >= 0.6 is 11.3 Å². The van der Waals surface area contributed by atoms with Gasteiger partial charge in [-0.1, -0.05) is 47.7 Å². The first-order chi connectivity index (χ1) is 13.1. The molecule has 2 heterocycles. The molecule has 138 valence electrons. The molecule has 1 aromatic heterocycles. The Labute approximate surface area is 161 Å². The van der Waals surface area contributed by atoms with Gasteiger partial charge in [-0.05, 0) is 36.6 Å². The molecule has 1 saturated heterocycles. The molecule has 4 rings (SSSR count). The molecule has 1 atom stereocenters. The fourth-order valence-corrected chi connectivity index (χ4v) is 4.11. The van der Waals surface area contributed by atoms with Crippen molar-refractivity contribution in [3.63, 3.8) is 0 Å². The van der Waals surface area contributed by atoms with Gasteiger partial charge in [0.1, 0.15) is 5.01 Å². The minimum absolute atomic E-state index is 0.0175. The first-order valence-corrected chi connectivity index (χ1v) is 9.81. The molecular formula is C20H20N4O2S. The topological polar surface area (TPSA) is 75.2 Å².